The van der Waals surface area contributed by atoms with Gasteiger partial charge >= 0.3 is 5.97 Å². The minimum absolute atomic E-state index is 0.0348. The quantitative estimate of drug-likeness (QED) is 0.403. The molecule has 0 spiro atoms. The second-order valence-electron chi connectivity index (χ2n) is 8.74. The highest BCUT2D eigenvalue weighted by Gasteiger charge is 2.32. The Balaban J connectivity index is 2.74. The first-order chi connectivity index (χ1) is 15.7. The molecule has 0 heterocycles. The SMILES string of the molecule is CCCCN(CCCC)C1=C(Oc2ccccc2)C(S(=O)(=O)CC(C)C)=CC(C(=O)O)=CC1. The molecule has 0 radical (unpaired) electrons. The van der Waals surface area contributed by atoms with Crippen molar-refractivity contribution in [3.8, 4) is 5.75 Å². The van der Waals surface area contributed by atoms with Crippen molar-refractivity contribution in [1.82, 2.24) is 4.90 Å². The third-order valence-corrected chi connectivity index (χ3v) is 7.41. The molecule has 0 saturated heterocycles. The van der Waals surface area contributed by atoms with E-state index in [9.17, 15) is 18.3 Å². The minimum atomic E-state index is -3.80. The number of ether oxygens (including phenoxy) is 1. The summed E-state index contributed by atoms with van der Waals surface area (Å²) in [7, 11) is -3.80. The van der Waals surface area contributed by atoms with Crippen molar-refractivity contribution < 1.29 is 23.1 Å². The fraction of sp³-hybridized carbons (Fsp3) is 0.500. The number of carboxylic acids is 1. The number of rotatable bonds is 13. The van der Waals surface area contributed by atoms with E-state index in [4.69, 9.17) is 4.74 Å². The number of aliphatic carboxylic acids is 1. The number of allylic oxidation sites excluding steroid dienone is 1. The van der Waals surface area contributed by atoms with Crippen LogP contribution >= 0.6 is 0 Å². The Labute approximate surface area is 198 Å². The summed E-state index contributed by atoms with van der Waals surface area (Å²) in [5.41, 5.74) is 0.683. The van der Waals surface area contributed by atoms with Crippen LogP contribution in [0.3, 0.4) is 0 Å². The summed E-state index contributed by atoms with van der Waals surface area (Å²) < 4.78 is 33.2. The van der Waals surface area contributed by atoms with Crippen LogP contribution in [0.4, 0.5) is 0 Å². The molecule has 1 aliphatic rings. The van der Waals surface area contributed by atoms with Crippen LogP contribution < -0.4 is 4.74 Å². The minimum Gasteiger partial charge on any atom is -0.478 e. The van der Waals surface area contributed by atoms with E-state index >= 15 is 0 Å². The van der Waals surface area contributed by atoms with E-state index in [1.807, 2.05) is 32.0 Å². The van der Waals surface area contributed by atoms with Gasteiger partial charge in [-0.25, -0.2) is 13.2 Å². The number of para-hydroxylation sites is 1. The van der Waals surface area contributed by atoms with Crippen LogP contribution in [-0.4, -0.2) is 43.2 Å². The van der Waals surface area contributed by atoms with Crippen molar-refractivity contribution in [2.75, 3.05) is 18.8 Å². The molecule has 0 bridgehead atoms. The number of carbonyl (C=O) groups is 1. The van der Waals surface area contributed by atoms with Crippen LogP contribution in [0.25, 0.3) is 0 Å². The average molecular weight is 476 g/mol. The zero-order valence-electron chi connectivity index (χ0n) is 20.2. The van der Waals surface area contributed by atoms with Crippen molar-refractivity contribution in [3.05, 3.63) is 64.4 Å². The predicted octanol–water partition coefficient (Wildman–Crippen LogP) is 5.55. The van der Waals surface area contributed by atoms with Gasteiger partial charge in [0.15, 0.2) is 15.6 Å². The molecule has 7 heteroatoms. The number of carboxylic acid groups (broad SMARTS) is 1. The number of unbranched alkanes of at least 4 members (excludes halogenated alkanes) is 2. The van der Waals surface area contributed by atoms with Crippen molar-refractivity contribution in [2.45, 2.75) is 59.8 Å². The molecule has 0 atom stereocenters. The maximum Gasteiger partial charge on any atom is 0.335 e. The summed E-state index contributed by atoms with van der Waals surface area (Å²) in [5.74, 6) is -0.609. The third kappa shape index (κ3) is 7.77. The van der Waals surface area contributed by atoms with E-state index in [0.717, 1.165) is 44.5 Å². The van der Waals surface area contributed by atoms with E-state index in [0.29, 0.717) is 5.75 Å². The molecule has 182 valence electrons. The van der Waals surface area contributed by atoms with Crippen LogP contribution in [-0.2, 0) is 14.6 Å². The van der Waals surface area contributed by atoms with Crippen molar-refractivity contribution >= 4 is 15.8 Å². The highest BCUT2D eigenvalue weighted by Crippen LogP contribution is 2.33. The number of hydrogen-bond acceptors (Lipinski definition) is 5. The summed E-state index contributed by atoms with van der Waals surface area (Å²) in [6.45, 7) is 9.39. The lowest BCUT2D eigenvalue weighted by Crippen LogP contribution is -2.29. The molecule has 0 aromatic heterocycles. The van der Waals surface area contributed by atoms with Gasteiger partial charge in [0, 0.05) is 19.5 Å². The lowest BCUT2D eigenvalue weighted by molar-refractivity contribution is -0.132. The van der Waals surface area contributed by atoms with Gasteiger partial charge in [-0.3, -0.25) is 0 Å². The molecule has 0 fully saturated rings. The summed E-state index contributed by atoms with van der Waals surface area (Å²) in [4.78, 5) is 14.0. The molecular weight excluding hydrogens is 438 g/mol. The Bertz CT molecular complexity index is 983. The second kappa shape index (κ2) is 12.6. The Morgan fingerprint density at radius 3 is 2.21 bits per heavy atom. The highest BCUT2D eigenvalue weighted by atomic mass is 32.2. The van der Waals surface area contributed by atoms with Gasteiger partial charge in [-0.2, -0.15) is 0 Å². The van der Waals surface area contributed by atoms with Gasteiger partial charge in [0.05, 0.1) is 17.0 Å². The van der Waals surface area contributed by atoms with E-state index in [2.05, 4.69) is 18.7 Å². The number of sulfone groups is 1. The summed E-state index contributed by atoms with van der Waals surface area (Å²) in [6, 6.07) is 9.06. The Hall–Kier alpha value is -2.54. The van der Waals surface area contributed by atoms with Gasteiger partial charge < -0.3 is 14.7 Å². The molecule has 1 N–H and O–H groups in total. The molecule has 0 unspecified atom stereocenters. The van der Waals surface area contributed by atoms with Gasteiger partial charge in [-0.15, -0.1) is 0 Å². The largest absolute Gasteiger partial charge is 0.478 e. The summed E-state index contributed by atoms with van der Waals surface area (Å²) >= 11 is 0. The van der Waals surface area contributed by atoms with Crippen molar-refractivity contribution in [3.63, 3.8) is 0 Å². The molecular formula is C26H37NO5S. The van der Waals surface area contributed by atoms with E-state index in [1.54, 1.807) is 18.2 Å². The third-order valence-electron chi connectivity index (χ3n) is 5.33. The van der Waals surface area contributed by atoms with Gasteiger partial charge in [0.2, 0.25) is 0 Å². The first kappa shape index (κ1) is 26.7. The first-order valence-corrected chi connectivity index (χ1v) is 13.4. The molecule has 33 heavy (non-hydrogen) atoms. The predicted molar refractivity (Wildman–Crippen MR) is 133 cm³/mol. The maximum absolute atomic E-state index is 13.5. The molecule has 1 aromatic rings. The number of nitrogens with zero attached hydrogens (tertiary/aromatic N) is 1. The van der Waals surface area contributed by atoms with Crippen molar-refractivity contribution in [2.24, 2.45) is 5.92 Å². The zero-order chi connectivity index (χ0) is 24.4. The van der Waals surface area contributed by atoms with Crippen LogP contribution in [0.15, 0.2) is 64.4 Å². The monoisotopic (exact) mass is 475 g/mol. The van der Waals surface area contributed by atoms with Crippen LogP contribution in [0.1, 0.15) is 59.8 Å². The average Bonchev–Trinajstić information content (AvgIpc) is 2.94. The topological polar surface area (TPSA) is 83.9 Å². The lowest BCUT2D eigenvalue weighted by Gasteiger charge is -2.29. The van der Waals surface area contributed by atoms with Crippen molar-refractivity contribution in [1.29, 1.82) is 0 Å². The molecule has 0 saturated carbocycles. The Morgan fingerprint density at radius 1 is 1.09 bits per heavy atom. The fourth-order valence-electron chi connectivity index (χ4n) is 3.68. The number of benzene rings is 1. The normalized spacial score (nSPS) is 14.6. The summed E-state index contributed by atoms with van der Waals surface area (Å²) in [6.07, 6.45) is 7.02. The van der Waals surface area contributed by atoms with Gasteiger partial charge in [-0.1, -0.05) is 64.8 Å². The highest BCUT2D eigenvalue weighted by molar-refractivity contribution is 7.95. The fourth-order valence-corrected chi connectivity index (χ4v) is 5.49. The molecule has 1 aliphatic carbocycles. The second-order valence-corrected chi connectivity index (χ2v) is 10.7. The van der Waals surface area contributed by atoms with Gasteiger partial charge in [-0.05, 0) is 37.0 Å². The van der Waals surface area contributed by atoms with E-state index < -0.39 is 15.8 Å². The van der Waals surface area contributed by atoms with Crippen LogP contribution in [0.5, 0.6) is 5.75 Å². The standard InChI is InChI=1S/C26H37NO5S/c1-5-7-16-27(17-8-6-2)23-15-14-21(26(28)29)18-24(33(30,31)19-20(3)4)25(23)32-22-12-10-9-11-13-22/h9-14,18,20H,5-8,15-17,19H2,1-4H3,(H,28,29). The van der Waals surface area contributed by atoms with E-state index in [1.165, 1.54) is 6.08 Å². The van der Waals surface area contributed by atoms with Crippen LogP contribution in [0.2, 0.25) is 0 Å². The zero-order valence-corrected chi connectivity index (χ0v) is 21.0. The van der Waals surface area contributed by atoms with Crippen LogP contribution in [0, 0.1) is 5.92 Å². The Morgan fingerprint density at radius 2 is 1.70 bits per heavy atom. The maximum atomic E-state index is 13.5. The van der Waals surface area contributed by atoms with E-state index in [-0.39, 0.29) is 34.3 Å². The first-order valence-electron chi connectivity index (χ1n) is 11.8. The number of hydrogen-bond donors (Lipinski definition) is 1. The van der Waals surface area contributed by atoms with Gasteiger partial charge in [0.25, 0.3) is 0 Å². The lowest BCUT2D eigenvalue weighted by atomic mass is 10.1. The molecule has 0 amide bonds. The van der Waals surface area contributed by atoms with Gasteiger partial charge in [0.1, 0.15) is 10.7 Å². The smallest absolute Gasteiger partial charge is 0.335 e. The molecule has 6 nitrogen and oxygen atoms in total. The molecule has 0 aliphatic heterocycles. The molecule has 1 aromatic carbocycles. The summed E-state index contributed by atoms with van der Waals surface area (Å²) in [5, 5.41) is 9.73. The Kier molecular flexibility index (Phi) is 10.2. The molecule has 2 rings (SSSR count).